The van der Waals surface area contributed by atoms with Crippen LogP contribution in [0.4, 0.5) is 0 Å². The van der Waals surface area contributed by atoms with E-state index in [1.807, 2.05) is 6.07 Å². The van der Waals surface area contributed by atoms with Crippen LogP contribution in [0, 0.1) is 0 Å². The molecule has 8 nitrogen and oxygen atoms in total. The zero-order chi connectivity index (χ0) is 21.3. The van der Waals surface area contributed by atoms with Crippen LogP contribution in [0.3, 0.4) is 0 Å². The van der Waals surface area contributed by atoms with Gasteiger partial charge in [-0.2, -0.15) is 9.78 Å². The quantitative estimate of drug-likeness (QED) is 0.520. The number of benzene rings is 2. The summed E-state index contributed by atoms with van der Waals surface area (Å²) in [6.07, 6.45) is 0.0472. The van der Waals surface area contributed by atoms with E-state index in [0.717, 1.165) is 17.4 Å². The molecule has 8 heteroatoms. The van der Waals surface area contributed by atoms with Gasteiger partial charge in [-0.15, -0.1) is 0 Å². The fourth-order valence-electron chi connectivity index (χ4n) is 3.15. The molecule has 4 aromatic rings. The summed E-state index contributed by atoms with van der Waals surface area (Å²) in [5.74, 6) is -1.46. The molecule has 0 saturated carbocycles. The van der Waals surface area contributed by atoms with Gasteiger partial charge in [-0.05, 0) is 17.7 Å². The zero-order valence-electron chi connectivity index (χ0n) is 15.9. The number of carbonyl (C=O) groups is 1. The predicted octanol–water partition coefficient (Wildman–Crippen LogP) is 2.42. The number of fused-ring (bicyclic) bond motifs is 1. The van der Waals surface area contributed by atoms with Crippen molar-refractivity contribution in [3.63, 3.8) is 0 Å². The molecule has 0 bridgehead atoms. The average Bonchev–Trinajstić information content (AvgIpc) is 2.77. The lowest BCUT2D eigenvalue weighted by Crippen LogP contribution is -2.26. The van der Waals surface area contributed by atoms with Crippen molar-refractivity contribution in [3.05, 3.63) is 98.3 Å². The van der Waals surface area contributed by atoms with E-state index in [-0.39, 0.29) is 17.4 Å². The highest BCUT2D eigenvalue weighted by Gasteiger charge is 2.26. The number of rotatable bonds is 4. The van der Waals surface area contributed by atoms with Gasteiger partial charge in [-0.1, -0.05) is 48.5 Å². The second kappa shape index (κ2) is 7.67. The van der Waals surface area contributed by atoms with Crippen molar-refractivity contribution in [2.24, 2.45) is 0 Å². The number of aromatic hydroxyl groups is 1. The Morgan fingerprint density at radius 3 is 2.33 bits per heavy atom. The third kappa shape index (κ3) is 3.24. The van der Waals surface area contributed by atoms with Crippen molar-refractivity contribution in [1.29, 1.82) is 0 Å². The molecular formula is C22H16N2O6. The Morgan fingerprint density at radius 2 is 1.70 bits per heavy atom. The maximum Gasteiger partial charge on any atom is 0.362 e. The van der Waals surface area contributed by atoms with E-state index in [9.17, 15) is 19.5 Å². The van der Waals surface area contributed by atoms with E-state index in [2.05, 4.69) is 5.10 Å². The lowest BCUT2D eigenvalue weighted by Gasteiger charge is -2.11. The summed E-state index contributed by atoms with van der Waals surface area (Å²) in [5.41, 5.74) is -1.40. The molecule has 0 aliphatic carbocycles. The number of nitrogens with zero attached hydrogens (tertiary/aromatic N) is 2. The monoisotopic (exact) mass is 404 g/mol. The first-order valence-corrected chi connectivity index (χ1v) is 9.01. The topological polar surface area (TPSA) is 112 Å². The maximum absolute atomic E-state index is 13.2. The first kappa shape index (κ1) is 19.1. The van der Waals surface area contributed by atoms with Gasteiger partial charge in [0.05, 0.1) is 18.4 Å². The molecule has 0 atom stereocenters. The minimum absolute atomic E-state index is 0.0472. The van der Waals surface area contributed by atoms with Gasteiger partial charge in [0.25, 0.3) is 5.56 Å². The number of methoxy groups -OCH3 is 1. The maximum atomic E-state index is 13.2. The molecule has 0 radical (unpaired) electrons. The Bertz CT molecular complexity index is 1360. The second-order valence-corrected chi connectivity index (χ2v) is 6.48. The smallest absolute Gasteiger partial charge is 0.362 e. The Balaban J connectivity index is 2.06. The van der Waals surface area contributed by atoms with Crippen molar-refractivity contribution in [1.82, 2.24) is 9.78 Å². The summed E-state index contributed by atoms with van der Waals surface area (Å²) in [6.45, 7) is 0. The number of esters is 1. The Morgan fingerprint density at radius 1 is 1.07 bits per heavy atom. The third-order valence-corrected chi connectivity index (χ3v) is 4.62. The fourth-order valence-corrected chi connectivity index (χ4v) is 3.15. The Labute approximate surface area is 169 Å². The van der Waals surface area contributed by atoms with E-state index in [1.54, 1.807) is 54.6 Å². The van der Waals surface area contributed by atoms with E-state index < -0.39 is 34.2 Å². The van der Waals surface area contributed by atoms with Crippen LogP contribution in [0.2, 0.25) is 0 Å². The number of ether oxygens (including phenoxy) is 1. The molecular weight excluding hydrogens is 388 g/mol. The second-order valence-electron chi connectivity index (χ2n) is 6.48. The lowest BCUT2D eigenvalue weighted by atomic mass is 10.0. The predicted molar refractivity (Wildman–Crippen MR) is 108 cm³/mol. The highest BCUT2D eigenvalue weighted by molar-refractivity contribution is 6.01. The zero-order valence-corrected chi connectivity index (χ0v) is 15.9. The van der Waals surface area contributed by atoms with Crippen molar-refractivity contribution >= 4 is 16.9 Å². The number of hydrogen-bond acceptors (Lipinski definition) is 7. The van der Waals surface area contributed by atoms with Crippen LogP contribution in [0.5, 0.6) is 5.75 Å². The minimum Gasteiger partial charge on any atom is -0.506 e. The molecule has 0 aliphatic heterocycles. The molecule has 0 spiro atoms. The number of hydrogen-bond donors (Lipinski definition) is 1. The van der Waals surface area contributed by atoms with Gasteiger partial charge in [0.15, 0.2) is 5.58 Å². The molecule has 1 N–H and O–H groups in total. The molecule has 150 valence electrons. The van der Waals surface area contributed by atoms with Crippen molar-refractivity contribution in [2.75, 3.05) is 7.11 Å². The summed E-state index contributed by atoms with van der Waals surface area (Å²) < 4.78 is 11.0. The number of aromatic nitrogens is 2. The van der Waals surface area contributed by atoms with E-state index in [0.29, 0.717) is 5.69 Å². The summed E-state index contributed by atoms with van der Waals surface area (Å²) in [5, 5.41) is 14.6. The van der Waals surface area contributed by atoms with Crippen molar-refractivity contribution in [3.8, 4) is 11.4 Å². The summed E-state index contributed by atoms with van der Waals surface area (Å²) >= 11 is 0. The Hall–Kier alpha value is -4.20. The molecule has 0 fully saturated rings. The van der Waals surface area contributed by atoms with Gasteiger partial charge in [0.2, 0.25) is 5.69 Å². The fraction of sp³-hybridized carbons (Fsp3) is 0.0909. The average molecular weight is 404 g/mol. The first-order chi connectivity index (χ1) is 14.5. The van der Waals surface area contributed by atoms with Crippen LogP contribution in [0.25, 0.3) is 16.7 Å². The van der Waals surface area contributed by atoms with Crippen LogP contribution < -0.4 is 11.2 Å². The molecule has 30 heavy (non-hydrogen) atoms. The standard InChI is InChI=1S/C22H16N2O6/c1-29-22(28)17-19-16(20(26)24(23-17)14-10-6-3-7-11-14)18(25)15(21(27)30-19)12-13-8-4-2-5-9-13/h2-11,25H,12H2,1H3. The van der Waals surface area contributed by atoms with Gasteiger partial charge < -0.3 is 14.3 Å². The molecule has 0 aliphatic rings. The SMILES string of the molecule is COC(=O)c1nn(-c2ccccc2)c(=O)c2c(O)c(Cc3ccccc3)c(=O)oc12. The summed E-state index contributed by atoms with van der Waals surface area (Å²) in [4.78, 5) is 38.0. The van der Waals surface area contributed by atoms with Crippen LogP contribution in [0.1, 0.15) is 21.6 Å². The van der Waals surface area contributed by atoms with Gasteiger partial charge in [-0.25, -0.2) is 9.59 Å². The third-order valence-electron chi connectivity index (χ3n) is 4.62. The van der Waals surface area contributed by atoms with E-state index >= 15 is 0 Å². The van der Waals surface area contributed by atoms with Gasteiger partial charge in [-0.3, -0.25) is 4.79 Å². The largest absolute Gasteiger partial charge is 0.506 e. The van der Waals surface area contributed by atoms with Crippen molar-refractivity contribution < 1.29 is 19.1 Å². The molecule has 2 aromatic carbocycles. The summed E-state index contributed by atoms with van der Waals surface area (Å²) in [7, 11) is 1.13. The first-order valence-electron chi connectivity index (χ1n) is 9.01. The molecule has 2 aromatic heterocycles. The van der Waals surface area contributed by atoms with Gasteiger partial charge in [0, 0.05) is 6.42 Å². The van der Waals surface area contributed by atoms with E-state index in [1.165, 1.54) is 0 Å². The van der Waals surface area contributed by atoms with Crippen molar-refractivity contribution in [2.45, 2.75) is 6.42 Å². The minimum atomic E-state index is -0.914. The summed E-state index contributed by atoms with van der Waals surface area (Å²) in [6, 6.07) is 17.3. The lowest BCUT2D eigenvalue weighted by molar-refractivity contribution is 0.0592. The number of carbonyl (C=O) groups excluding carboxylic acids is 1. The molecule has 0 amide bonds. The highest BCUT2D eigenvalue weighted by Crippen LogP contribution is 2.27. The van der Waals surface area contributed by atoms with Crippen LogP contribution >= 0.6 is 0 Å². The molecule has 0 saturated heterocycles. The van der Waals surface area contributed by atoms with Crippen LogP contribution in [0.15, 0.2) is 74.7 Å². The van der Waals surface area contributed by atoms with Crippen LogP contribution in [-0.2, 0) is 11.2 Å². The Kier molecular flexibility index (Phi) is 4.89. The molecule has 4 rings (SSSR count). The molecule has 0 unspecified atom stereocenters. The van der Waals surface area contributed by atoms with Gasteiger partial charge >= 0.3 is 11.6 Å². The number of para-hydroxylation sites is 1. The van der Waals surface area contributed by atoms with E-state index in [4.69, 9.17) is 9.15 Å². The molecule has 2 heterocycles. The van der Waals surface area contributed by atoms with Gasteiger partial charge in [0.1, 0.15) is 11.1 Å². The van der Waals surface area contributed by atoms with Crippen LogP contribution in [-0.4, -0.2) is 28.0 Å². The normalized spacial score (nSPS) is 10.8. The highest BCUT2D eigenvalue weighted by atomic mass is 16.5.